The number of fused-ring (bicyclic) bond motifs is 18. The summed E-state index contributed by atoms with van der Waals surface area (Å²) in [6.07, 6.45) is 0. The lowest BCUT2D eigenvalue weighted by molar-refractivity contribution is 0.651. The number of para-hydroxylation sites is 3. The Labute approximate surface area is 477 Å². The fraction of sp³-hybridized carbons (Fsp3) is 0.114. The second kappa shape index (κ2) is 16.7. The lowest BCUT2D eigenvalue weighted by Crippen LogP contribution is -2.19. The number of furan rings is 2. The molecule has 0 fully saturated rings. The first-order valence-corrected chi connectivity index (χ1v) is 28.9. The molecule has 0 aliphatic heterocycles. The zero-order chi connectivity index (χ0) is 55.0. The Balaban J connectivity index is 0.894. The molecule has 12 aromatic carbocycles. The minimum Gasteiger partial charge on any atom is -0.456 e. The summed E-state index contributed by atoms with van der Waals surface area (Å²) < 4.78 is 13.6. The average molecular weight is 1050 g/mol. The molecule has 0 spiro atoms. The van der Waals surface area contributed by atoms with Crippen molar-refractivity contribution in [2.24, 2.45) is 0 Å². The van der Waals surface area contributed by atoms with Crippen LogP contribution in [0.2, 0.25) is 0 Å². The van der Waals surface area contributed by atoms with Gasteiger partial charge in [0.1, 0.15) is 22.3 Å². The molecular formula is C79H57NO2. The Morgan fingerprint density at radius 3 is 1.49 bits per heavy atom. The fourth-order valence-electron chi connectivity index (χ4n) is 15.2. The molecule has 3 heteroatoms. The van der Waals surface area contributed by atoms with Gasteiger partial charge >= 0.3 is 0 Å². The average Bonchev–Trinajstić information content (AvgIpc) is 3.73. The highest BCUT2D eigenvalue weighted by atomic mass is 16.3. The Kier molecular flexibility index (Phi) is 9.60. The van der Waals surface area contributed by atoms with Crippen LogP contribution in [-0.2, 0) is 16.2 Å². The van der Waals surface area contributed by atoms with Gasteiger partial charge in [0.2, 0.25) is 0 Å². The highest BCUT2D eigenvalue weighted by Crippen LogP contribution is 2.61. The van der Waals surface area contributed by atoms with Gasteiger partial charge in [-0.05, 0) is 155 Å². The van der Waals surface area contributed by atoms with Crippen molar-refractivity contribution in [1.29, 1.82) is 0 Å². The van der Waals surface area contributed by atoms with Crippen molar-refractivity contribution in [3.63, 3.8) is 0 Å². The Bertz CT molecular complexity index is 5000. The molecule has 0 saturated carbocycles. The van der Waals surface area contributed by atoms with Crippen molar-refractivity contribution in [3.05, 3.63) is 270 Å². The SMILES string of the molecule is CC1(C)c2cc(N(c3ccc4c(c3)C(C)(C)c3cc(-c5cccc6ccccc56)c5oc6ccccc6c5c3-4)c3c(-c4ccccc4)cccc3-c3ccccc3)ccc2-c2cc3c(cc21)-c1c(ccc2oc4ccccc4c12)C3(C)C. The maximum absolute atomic E-state index is 7.03. The third-order valence-corrected chi connectivity index (χ3v) is 19.2. The van der Waals surface area contributed by atoms with E-state index in [-0.39, 0.29) is 16.2 Å². The van der Waals surface area contributed by atoms with Crippen LogP contribution in [0.4, 0.5) is 17.1 Å². The standard InChI is InChI=1S/C79H57NO2/c1-77(2)62-39-40-70-73(57-28-15-17-33-68(57)81-70)72(62)61-45-65-59(43-66(61)77)55-37-35-49(41-63(55)78(65,3)4)80(75-52(47-21-9-7-10-22-47)30-20-31-53(75)48-23-11-8-12-24-48)50-36-38-56-64(42-50)79(5,6)67-44-60(54-32-19-26-46-25-13-14-27-51(46)54)76-74(71(56)67)58-29-16-18-34-69(58)82-76/h7-45H,1-6H3. The molecule has 3 aliphatic carbocycles. The first kappa shape index (κ1) is 47.1. The van der Waals surface area contributed by atoms with E-state index in [0.717, 1.165) is 72.6 Å². The quantitative estimate of drug-likeness (QED) is 0.166. The second-order valence-electron chi connectivity index (χ2n) is 24.7. The van der Waals surface area contributed by atoms with E-state index in [1.807, 2.05) is 0 Å². The molecular weight excluding hydrogens is 995 g/mol. The Morgan fingerprint density at radius 2 is 0.780 bits per heavy atom. The summed E-state index contributed by atoms with van der Waals surface area (Å²) in [4.78, 5) is 2.58. The summed E-state index contributed by atoms with van der Waals surface area (Å²) in [6.45, 7) is 14.5. The first-order valence-electron chi connectivity index (χ1n) is 28.9. The molecule has 0 bridgehead atoms. The first-order chi connectivity index (χ1) is 39.9. The van der Waals surface area contributed by atoms with Crippen LogP contribution in [0, 0.1) is 0 Å². The number of nitrogens with zero attached hydrogens (tertiary/aromatic N) is 1. The Hall–Kier alpha value is -9.70. The van der Waals surface area contributed by atoms with Crippen molar-refractivity contribution in [3.8, 4) is 66.8 Å². The summed E-state index contributed by atoms with van der Waals surface area (Å²) in [5.41, 5.74) is 28.8. The van der Waals surface area contributed by atoms with E-state index in [4.69, 9.17) is 8.83 Å². The molecule has 0 saturated heterocycles. The topological polar surface area (TPSA) is 29.5 Å². The number of anilines is 3. The minimum atomic E-state index is -0.387. The predicted octanol–water partition coefficient (Wildman–Crippen LogP) is 22.0. The van der Waals surface area contributed by atoms with Crippen LogP contribution >= 0.6 is 0 Å². The van der Waals surface area contributed by atoms with Gasteiger partial charge in [0, 0.05) is 65.9 Å². The lowest BCUT2D eigenvalue weighted by atomic mass is 9.79. The monoisotopic (exact) mass is 1050 g/mol. The summed E-state index contributed by atoms with van der Waals surface area (Å²) in [5, 5.41) is 7.12. The van der Waals surface area contributed by atoms with Crippen molar-refractivity contribution < 1.29 is 8.83 Å². The zero-order valence-electron chi connectivity index (χ0n) is 46.8. The van der Waals surface area contributed by atoms with Gasteiger partial charge in [0.15, 0.2) is 0 Å². The van der Waals surface area contributed by atoms with Gasteiger partial charge in [0.25, 0.3) is 0 Å². The number of hydrogen-bond donors (Lipinski definition) is 0. The third kappa shape index (κ3) is 6.37. The third-order valence-electron chi connectivity index (χ3n) is 19.2. The van der Waals surface area contributed by atoms with Gasteiger partial charge in [0.05, 0.1) is 5.69 Å². The van der Waals surface area contributed by atoms with Gasteiger partial charge in [-0.3, -0.25) is 0 Å². The molecule has 82 heavy (non-hydrogen) atoms. The minimum absolute atomic E-state index is 0.208. The summed E-state index contributed by atoms with van der Waals surface area (Å²) in [7, 11) is 0. The smallest absolute Gasteiger partial charge is 0.143 e. The van der Waals surface area contributed by atoms with Crippen molar-refractivity contribution in [2.75, 3.05) is 4.90 Å². The van der Waals surface area contributed by atoms with Gasteiger partial charge in [-0.2, -0.15) is 0 Å². The highest BCUT2D eigenvalue weighted by Gasteiger charge is 2.44. The molecule has 0 atom stereocenters. The van der Waals surface area contributed by atoms with Crippen molar-refractivity contribution in [1.82, 2.24) is 0 Å². The molecule has 0 unspecified atom stereocenters. The number of benzene rings is 12. The van der Waals surface area contributed by atoms with E-state index in [0.29, 0.717) is 0 Å². The van der Waals surface area contributed by atoms with E-state index in [1.165, 1.54) is 99.3 Å². The van der Waals surface area contributed by atoms with Gasteiger partial charge in [-0.1, -0.05) is 217 Å². The lowest BCUT2D eigenvalue weighted by Gasteiger charge is -2.33. The van der Waals surface area contributed by atoms with Gasteiger partial charge in [-0.15, -0.1) is 0 Å². The van der Waals surface area contributed by atoms with Crippen LogP contribution in [0.5, 0.6) is 0 Å². The maximum atomic E-state index is 7.03. The Morgan fingerprint density at radius 1 is 0.293 bits per heavy atom. The van der Waals surface area contributed by atoms with E-state index in [1.54, 1.807) is 0 Å². The van der Waals surface area contributed by atoms with Crippen molar-refractivity contribution >= 4 is 71.7 Å². The molecule has 3 aliphatic rings. The van der Waals surface area contributed by atoms with E-state index >= 15 is 0 Å². The van der Waals surface area contributed by atoms with Crippen LogP contribution in [-0.4, -0.2) is 0 Å². The molecule has 0 amide bonds. The summed E-state index contributed by atoms with van der Waals surface area (Å²) in [6, 6.07) is 87.9. The molecule has 390 valence electrons. The van der Waals surface area contributed by atoms with E-state index in [9.17, 15) is 0 Å². The molecule has 2 heterocycles. The van der Waals surface area contributed by atoms with Crippen LogP contribution in [0.3, 0.4) is 0 Å². The van der Waals surface area contributed by atoms with Gasteiger partial charge < -0.3 is 13.7 Å². The van der Waals surface area contributed by atoms with Gasteiger partial charge in [-0.25, -0.2) is 0 Å². The highest BCUT2D eigenvalue weighted by molar-refractivity contribution is 6.20. The van der Waals surface area contributed by atoms with E-state index < -0.39 is 0 Å². The normalized spacial score (nSPS) is 14.8. The predicted molar refractivity (Wildman–Crippen MR) is 342 cm³/mol. The molecule has 3 nitrogen and oxygen atoms in total. The van der Waals surface area contributed by atoms with Crippen LogP contribution in [0.25, 0.3) is 121 Å². The maximum Gasteiger partial charge on any atom is 0.143 e. The second-order valence-corrected chi connectivity index (χ2v) is 24.7. The molecule has 0 radical (unpaired) electrons. The number of rotatable bonds is 6. The molecule has 0 N–H and O–H groups in total. The van der Waals surface area contributed by atoms with Crippen LogP contribution in [0.1, 0.15) is 74.9 Å². The zero-order valence-corrected chi connectivity index (χ0v) is 46.8. The molecule has 2 aromatic heterocycles. The summed E-state index contributed by atoms with van der Waals surface area (Å²) in [5.74, 6) is 0. The van der Waals surface area contributed by atoms with E-state index in [2.05, 4.69) is 283 Å². The summed E-state index contributed by atoms with van der Waals surface area (Å²) >= 11 is 0. The van der Waals surface area contributed by atoms with Crippen LogP contribution < -0.4 is 4.90 Å². The number of hydrogen-bond acceptors (Lipinski definition) is 3. The largest absolute Gasteiger partial charge is 0.456 e. The fourth-order valence-corrected chi connectivity index (χ4v) is 15.2. The molecule has 14 aromatic rings. The van der Waals surface area contributed by atoms with Crippen molar-refractivity contribution in [2.45, 2.75) is 57.8 Å². The van der Waals surface area contributed by atoms with Crippen LogP contribution in [0.15, 0.2) is 245 Å². The molecule has 17 rings (SSSR count).